The normalized spacial score (nSPS) is 17.0. The third-order valence-electron chi connectivity index (χ3n) is 2.73. The Morgan fingerprint density at radius 3 is 2.75 bits per heavy atom. The molecule has 1 aliphatic carbocycles. The molecule has 1 amide bonds. The summed E-state index contributed by atoms with van der Waals surface area (Å²) >= 11 is 3.25. The van der Waals surface area contributed by atoms with Crippen molar-refractivity contribution < 1.29 is 4.79 Å². The zero-order chi connectivity index (χ0) is 11.6. The van der Waals surface area contributed by atoms with Crippen molar-refractivity contribution in [2.45, 2.75) is 24.8 Å². The molecule has 1 saturated carbocycles. The lowest BCUT2D eigenvalue weighted by Gasteiger charge is -2.35. The molecule has 0 spiro atoms. The predicted molar refractivity (Wildman–Crippen MR) is 61.6 cm³/mol. The summed E-state index contributed by atoms with van der Waals surface area (Å²) in [6.45, 7) is 0. The molecule has 0 bridgehead atoms. The highest BCUT2D eigenvalue weighted by Gasteiger charge is 2.38. The van der Waals surface area contributed by atoms with E-state index in [0.717, 1.165) is 23.7 Å². The maximum Gasteiger partial charge on any atom is 0.271 e. The van der Waals surface area contributed by atoms with Crippen molar-refractivity contribution in [3.8, 4) is 6.07 Å². The second-order valence-corrected chi connectivity index (χ2v) is 4.78. The van der Waals surface area contributed by atoms with Gasteiger partial charge in [-0.15, -0.1) is 0 Å². The van der Waals surface area contributed by atoms with Crippen LogP contribution >= 0.6 is 15.9 Å². The first-order chi connectivity index (χ1) is 7.65. The van der Waals surface area contributed by atoms with Crippen LogP contribution in [-0.4, -0.2) is 16.4 Å². The maximum absolute atomic E-state index is 11.8. The Bertz CT molecular complexity index is 445. The topological polar surface area (TPSA) is 65.8 Å². The molecule has 0 aromatic carbocycles. The van der Waals surface area contributed by atoms with E-state index in [1.54, 1.807) is 18.3 Å². The van der Waals surface area contributed by atoms with E-state index in [0.29, 0.717) is 5.69 Å². The van der Waals surface area contributed by atoms with Crippen molar-refractivity contribution in [2.75, 3.05) is 0 Å². The van der Waals surface area contributed by atoms with Crippen LogP contribution in [0.1, 0.15) is 29.8 Å². The van der Waals surface area contributed by atoms with E-state index in [4.69, 9.17) is 5.26 Å². The average Bonchev–Trinajstić information content (AvgIpc) is 2.24. The lowest BCUT2D eigenvalue weighted by Crippen LogP contribution is -2.52. The van der Waals surface area contributed by atoms with E-state index >= 15 is 0 Å². The molecule has 82 valence electrons. The van der Waals surface area contributed by atoms with Gasteiger partial charge in [0.2, 0.25) is 0 Å². The Balaban J connectivity index is 2.09. The number of rotatable bonds is 2. The fraction of sp³-hybridized carbons (Fsp3) is 0.364. The standard InChI is InChI=1S/C11H10BrN3O/c12-8-2-3-9(14-6-8)10(16)15-11(7-13)4-1-5-11/h2-3,6H,1,4-5H2,(H,15,16). The molecule has 1 aliphatic rings. The van der Waals surface area contributed by atoms with Crippen molar-refractivity contribution in [3.05, 3.63) is 28.5 Å². The fourth-order valence-corrected chi connectivity index (χ4v) is 1.82. The third-order valence-corrected chi connectivity index (χ3v) is 3.20. The molecule has 1 fully saturated rings. The summed E-state index contributed by atoms with van der Waals surface area (Å²) in [4.78, 5) is 15.8. The van der Waals surface area contributed by atoms with E-state index in [1.807, 2.05) is 0 Å². The largest absolute Gasteiger partial charge is 0.332 e. The second-order valence-electron chi connectivity index (χ2n) is 3.86. The number of nitriles is 1. The predicted octanol–water partition coefficient (Wildman–Crippen LogP) is 2.02. The molecule has 4 nitrogen and oxygen atoms in total. The van der Waals surface area contributed by atoms with Gasteiger partial charge in [0.05, 0.1) is 6.07 Å². The van der Waals surface area contributed by atoms with Crippen LogP contribution in [0.3, 0.4) is 0 Å². The number of carbonyl (C=O) groups is 1. The first-order valence-electron chi connectivity index (χ1n) is 5.00. The number of nitrogens with zero attached hydrogens (tertiary/aromatic N) is 2. The lowest BCUT2D eigenvalue weighted by atomic mass is 9.78. The number of halogens is 1. The van der Waals surface area contributed by atoms with Gasteiger partial charge in [0.1, 0.15) is 11.2 Å². The molecular formula is C11H10BrN3O. The highest BCUT2D eigenvalue weighted by molar-refractivity contribution is 9.10. The van der Waals surface area contributed by atoms with Gasteiger partial charge in [0.15, 0.2) is 0 Å². The Hall–Kier alpha value is -1.41. The highest BCUT2D eigenvalue weighted by atomic mass is 79.9. The first kappa shape index (κ1) is 11.1. The van der Waals surface area contributed by atoms with Gasteiger partial charge in [0, 0.05) is 10.7 Å². The number of aromatic nitrogens is 1. The Kier molecular flexibility index (Phi) is 2.92. The summed E-state index contributed by atoms with van der Waals surface area (Å²) in [5, 5.41) is 11.7. The van der Waals surface area contributed by atoms with Crippen LogP contribution in [0.2, 0.25) is 0 Å². The van der Waals surface area contributed by atoms with Crippen LogP contribution in [0, 0.1) is 11.3 Å². The van der Waals surface area contributed by atoms with Crippen LogP contribution in [-0.2, 0) is 0 Å². The Labute approximate surface area is 102 Å². The molecule has 0 atom stereocenters. The van der Waals surface area contributed by atoms with Gasteiger partial charge < -0.3 is 5.32 Å². The third kappa shape index (κ3) is 2.07. The summed E-state index contributed by atoms with van der Waals surface area (Å²) < 4.78 is 0.822. The smallest absolute Gasteiger partial charge is 0.271 e. The quantitative estimate of drug-likeness (QED) is 0.901. The van der Waals surface area contributed by atoms with Crippen molar-refractivity contribution in [2.24, 2.45) is 0 Å². The van der Waals surface area contributed by atoms with Crippen LogP contribution in [0.15, 0.2) is 22.8 Å². The number of hydrogen-bond acceptors (Lipinski definition) is 3. The Morgan fingerprint density at radius 1 is 1.56 bits per heavy atom. The minimum Gasteiger partial charge on any atom is -0.332 e. The van der Waals surface area contributed by atoms with Crippen LogP contribution < -0.4 is 5.32 Å². The molecule has 1 heterocycles. The number of carbonyl (C=O) groups excluding carboxylic acids is 1. The van der Waals surface area contributed by atoms with Crippen LogP contribution in [0.25, 0.3) is 0 Å². The van der Waals surface area contributed by atoms with E-state index in [1.165, 1.54) is 0 Å². The van der Waals surface area contributed by atoms with Gasteiger partial charge >= 0.3 is 0 Å². The number of amides is 1. The van der Waals surface area contributed by atoms with Gasteiger partial charge in [-0.05, 0) is 47.3 Å². The van der Waals surface area contributed by atoms with Gasteiger partial charge in [-0.3, -0.25) is 4.79 Å². The summed E-state index contributed by atoms with van der Waals surface area (Å²) in [6, 6.07) is 5.54. The molecule has 1 N–H and O–H groups in total. The Morgan fingerprint density at radius 2 is 2.31 bits per heavy atom. The lowest BCUT2D eigenvalue weighted by molar-refractivity contribution is 0.0876. The molecule has 0 saturated heterocycles. The zero-order valence-corrected chi connectivity index (χ0v) is 10.1. The highest BCUT2D eigenvalue weighted by Crippen LogP contribution is 2.31. The van der Waals surface area contributed by atoms with Crippen molar-refractivity contribution in [3.63, 3.8) is 0 Å². The van der Waals surface area contributed by atoms with E-state index in [-0.39, 0.29) is 5.91 Å². The van der Waals surface area contributed by atoms with Gasteiger partial charge in [-0.25, -0.2) is 4.98 Å². The number of nitrogens with one attached hydrogen (secondary N) is 1. The molecule has 16 heavy (non-hydrogen) atoms. The maximum atomic E-state index is 11.8. The summed E-state index contributed by atoms with van der Waals surface area (Å²) in [5.74, 6) is -0.284. The zero-order valence-electron chi connectivity index (χ0n) is 8.53. The fourth-order valence-electron chi connectivity index (χ4n) is 1.59. The minimum atomic E-state index is -0.661. The minimum absolute atomic E-state index is 0.284. The molecule has 5 heteroatoms. The average molecular weight is 280 g/mol. The van der Waals surface area contributed by atoms with E-state index < -0.39 is 5.54 Å². The van der Waals surface area contributed by atoms with Crippen molar-refractivity contribution in [1.82, 2.24) is 10.3 Å². The van der Waals surface area contributed by atoms with Crippen LogP contribution in [0.5, 0.6) is 0 Å². The van der Waals surface area contributed by atoms with Crippen LogP contribution in [0.4, 0.5) is 0 Å². The summed E-state index contributed by atoms with van der Waals surface area (Å²) in [5.41, 5.74) is -0.323. The summed E-state index contributed by atoms with van der Waals surface area (Å²) in [6.07, 6.45) is 4.01. The monoisotopic (exact) mass is 279 g/mol. The molecule has 0 radical (unpaired) electrons. The van der Waals surface area contributed by atoms with E-state index in [9.17, 15) is 4.79 Å². The molecule has 1 aromatic rings. The van der Waals surface area contributed by atoms with Gasteiger partial charge in [0.25, 0.3) is 5.91 Å². The number of hydrogen-bond donors (Lipinski definition) is 1. The van der Waals surface area contributed by atoms with Crippen molar-refractivity contribution >= 4 is 21.8 Å². The molecule has 2 rings (SSSR count). The molecule has 0 unspecified atom stereocenters. The van der Waals surface area contributed by atoms with Crippen molar-refractivity contribution in [1.29, 1.82) is 5.26 Å². The molecule has 0 aliphatic heterocycles. The number of pyridine rings is 1. The molecular weight excluding hydrogens is 270 g/mol. The van der Waals surface area contributed by atoms with E-state index in [2.05, 4.69) is 32.3 Å². The first-order valence-corrected chi connectivity index (χ1v) is 5.80. The SMILES string of the molecule is N#CC1(NC(=O)c2ccc(Br)cn2)CCC1. The summed E-state index contributed by atoms with van der Waals surface area (Å²) in [7, 11) is 0. The second kappa shape index (κ2) is 4.22. The van der Waals surface area contributed by atoms with Gasteiger partial charge in [-0.1, -0.05) is 0 Å². The molecule has 1 aromatic heterocycles. The van der Waals surface area contributed by atoms with Gasteiger partial charge in [-0.2, -0.15) is 5.26 Å².